The summed E-state index contributed by atoms with van der Waals surface area (Å²) in [7, 11) is 1.86. The van der Waals surface area contributed by atoms with Crippen LogP contribution in [0.2, 0.25) is 0 Å². The van der Waals surface area contributed by atoms with Gasteiger partial charge in [-0.25, -0.2) is 8.78 Å². The van der Waals surface area contributed by atoms with Crippen LogP contribution < -0.4 is 10.1 Å². The van der Waals surface area contributed by atoms with Crippen molar-refractivity contribution in [3.63, 3.8) is 0 Å². The van der Waals surface area contributed by atoms with Crippen LogP contribution >= 0.6 is 15.9 Å². The van der Waals surface area contributed by atoms with E-state index in [1.54, 1.807) is 0 Å². The van der Waals surface area contributed by atoms with Crippen molar-refractivity contribution in [2.24, 2.45) is 0 Å². The third-order valence-corrected chi connectivity index (χ3v) is 4.22. The quantitative estimate of drug-likeness (QED) is 0.857. The molecule has 0 aliphatic carbocycles. The van der Waals surface area contributed by atoms with Crippen LogP contribution in [0.25, 0.3) is 0 Å². The van der Waals surface area contributed by atoms with Crippen molar-refractivity contribution >= 4 is 15.9 Å². The molecule has 0 saturated heterocycles. The highest BCUT2D eigenvalue weighted by Crippen LogP contribution is 2.42. The fourth-order valence-electron chi connectivity index (χ4n) is 2.67. The van der Waals surface area contributed by atoms with Crippen molar-refractivity contribution in [3.05, 3.63) is 63.6 Å². The second-order valence-corrected chi connectivity index (χ2v) is 5.95. The molecule has 0 fully saturated rings. The number of ether oxygens (including phenoxy) is 1. The molecular formula is C16H14BrF2NO. The Hall–Kier alpha value is -1.46. The van der Waals surface area contributed by atoms with Crippen LogP contribution in [0.3, 0.4) is 0 Å². The summed E-state index contributed by atoms with van der Waals surface area (Å²) in [6.07, 6.45) is 0.151. The summed E-state index contributed by atoms with van der Waals surface area (Å²) in [4.78, 5) is 0. The number of fused-ring (bicyclic) bond motifs is 1. The van der Waals surface area contributed by atoms with E-state index in [2.05, 4.69) is 21.2 Å². The standard InChI is InChI=1S/C16H14BrF2NO/c1-20-14-8-16(11-5-3-10(18)7-13(11)19)21-15-6-9(17)2-4-12(14)15/h2-7,14,16,20H,8H2,1H3. The van der Waals surface area contributed by atoms with Gasteiger partial charge in [-0.2, -0.15) is 0 Å². The first-order valence-corrected chi connectivity index (χ1v) is 7.46. The summed E-state index contributed by atoms with van der Waals surface area (Å²) in [6, 6.07) is 9.47. The van der Waals surface area contributed by atoms with Gasteiger partial charge in [0.05, 0.1) is 0 Å². The summed E-state index contributed by atoms with van der Waals surface area (Å²) >= 11 is 3.41. The first-order valence-electron chi connectivity index (χ1n) is 6.67. The van der Waals surface area contributed by atoms with E-state index in [1.165, 1.54) is 12.1 Å². The van der Waals surface area contributed by atoms with Crippen molar-refractivity contribution in [1.29, 1.82) is 0 Å². The zero-order valence-corrected chi connectivity index (χ0v) is 13.0. The van der Waals surface area contributed by atoms with Gasteiger partial charge in [-0.15, -0.1) is 0 Å². The molecule has 0 aromatic heterocycles. The highest BCUT2D eigenvalue weighted by molar-refractivity contribution is 9.10. The molecule has 2 aromatic carbocycles. The van der Waals surface area contributed by atoms with E-state index in [0.29, 0.717) is 17.7 Å². The molecule has 0 radical (unpaired) electrons. The fraction of sp³-hybridized carbons (Fsp3) is 0.250. The summed E-state index contributed by atoms with van der Waals surface area (Å²) in [5, 5.41) is 3.22. The van der Waals surface area contributed by atoms with Crippen molar-refractivity contribution in [2.45, 2.75) is 18.6 Å². The van der Waals surface area contributed by atoms with Crippen LogP contribution in [0, 0.1) is 11.6 Å². The van der Waals surface area contributed by atoms with E-state index >= 15 is 0 Å². The maximum atomic E-state index is 14.0. The highest BCUT2D eigenvalue weighted by atomic mass is 79.9. The number of hydrogen-bond acceptors (Lipinski definition) is 2. The number of benzene rings is 2. The molecule has 1 aliphatic rings. The lowest BCUT2D eigenvalue weighted by atomic mass is 9.93. The number of nitrogens with one attached hydrogen (secondary N) is 1. The second kappa shape index (κ2) is 5.73. The first kappa shape index (κ1) is 14.5. The van der Waals surface area contributed by atoms with Crippen LogP contribution in [0.5, 0.6) is 5.75 Å². The van der Waals surface area contributed by atoms with Gasteiger partial charge >= 0.3 is 0 Å². The van der Waals surface area contributed by atoms with E-state index in [0.717, 1.165) is 16.1 Å². The number of halogens is 3. The monoisotopic (exact) mass is 353 g/mol. The Labute approximate surface area is 130 Å². The second-order valence-electron chi connectivity index (χ2n) is 5.03. The molecule has 1 heterocycles. The van der Waals surface area contributed by atoms with E-state index in [-0.39, 0.29) is 6.04 Å². The SMILES string of the molecule is CNC1CC(c2ccc(F)cc2F)Oc2cc(Br)ccc21. The molecule has 110 valence electrons. The summed E-state index contributed by atoms with van der Waals surface area (Å²) in [5.74, 6) is -0.447. The van der Waals surface area contributed by atoms with Gasteiger partial charge in [-0.05, 0) is 31.3 Å². The minimum Gasteiger partial charge on any atom is -0.485 e. The fourth-order valence-corrected chi connectivity index (χ4v) is 3.01. The first-order chi connectivity index (χ1) is 10.1. The van der Waals surface area contributed by atoms with Crippen LogP contribution in [0.15, 0.2) is 40.9 Å². The number of rotatable bonds is 2. The van der Waals surface area contributed by atoms with Gasteiger partial charge in [0.1, 0.15) is 23.5 Å². The van der Waals surface area contributed by atoms with E-state index in [1.807, 2.05) is 25.2 Å². The zero-order valence-electron chi connectivity index (χ0n) is 11.4. The predicted molar refractivity (Wildman–Crippen MR) is 80.3 cm³/mol. The van der Waals surface area contributed by atoms with Gasteiger partial charge in [0, 0.05) is 34.1 Å². The summed E-state index contributed by atoms with van der Waals surface area (Å²) in [6.45, 7) is 0. The maximum Gasteiger partial charge on any atom is 0.133 e. The third kappa shape index (κ3) is 2.80. The molecule has 1 aliphatic heterocycles. The molecule has 2 nitrogen and oxygen atoms in total. The predicted octanol–water partition coefficient (Wildman–Crippen LogP) is 4.51. The minimum atomic E-state index is -0.583. The smallest absolute Gasteiger partial charge is 0.133 e. The van der Waals surface area contributed by atoms with E-state index < -0.39 is 17.7 Å². The lowest BCUT2D eigenvalue weighted by Gasteiger charge is -2.32. The molecule has 21 heavy (non-hydrogen) atoms. The van der Waals surface area contributed by atoms with E-state index in [9.17, 15) is 8.78 Å². The van der Waals surface area contributed by atoms with Gasteiger partial charge in [0.2, 0.25) is 0 Å². The molecule has 2 atom stereocenters. The van der Waals surface area contributed by atoms with Crippen LogP contribution in [0.4, 0.5) is 8.78 Å². The third-order valence-electron chi connectivity index (χ3n) is 3.73. The molecule has 2 unspecified atom stereocenters. The molecule has 0 bridgehead atoms. The van der Waals surface area contributed by atoms with Gasteiger partial charge in [0.15, 0.2) is 0 Å². The average molecular weight is 354 g/mol. The molecule has 2 aromatic rings. The van der Waals surface area contributed by atoms with E-state index in [4.69, 9.17) is 4.74 Å². The van der Waals surface area contributed by atoms with Gasteiger partial charge in [-0.1, -0.05) is 22.0 Å². The van der Waals surface area contributed by atoms with Crippen LogP contribution in [-0.4, -0.2) is 7.05 Å². The molecular weight excluding hydrogens is 340 g/mol. The Kier molecular flexibility index (Phi) is 3.95. The Morgan fingerprint density at radius 2 is 1.90 bits per heavy atom. The topological polar surface area (TPSA) is 21.3 Å². The summed E-state index contributed by atoms with van der Waals surface area (Å²) in [5.41, 5.74) is 1.42. The molecule has 5 heteroatoms. The zero-order chi connectivity index (χ0) is 15.0. The average Bonchev–Trinajstić information content (AvgIpc) is 2.45. The molecule has 0 spiro atoms. The Bertz CT molecular complexity index is 677. The molecule has 0 amide bonds. The van der Waals surface area contributed by atoms with Crippen LogP contribution in [-0.2, 0) is 0 Å². The molecule has 3 rings (SSSR count). The molecule has 0 saturated carbocycles. The number of hydrogen-bond donors (Lipinski definition) is 1. The van der Waals surface area contributed by atoms with Gasteiger partial charge < -0.3 is 10.1 Å². The normalized spacial score (nSPS) is 20.8. The lowest BCUT2D eigenvalue weighted by Crippen LogP contribution is -2.27. The summed E-state index contributed by atoms with van der Waals surface area (Å²) < 4.78 is 33.8. The highest BCUT2D eigenvalue weighted by Gasteiger charge is 2.30. The van der Waals surface area contributed by atoms with Gasteiger partial charge in [-0.3, -0.25) is 0 Å². The van der Waals surface area contributed by atoms with Gasteiger partial charge in [0.25, 0.3) is 0 Å². The van der Waals surface area contributed by atoms with Crippen molar-refractivity contribution in [3.8, 4) is 5.75 Å². The van der Waals surface area contributed by atoms with Crippen LogP contribution in [0.1, 0.15) is 29.7 Å². The Morgan fingerprint density at radius 1 is 1.14 bits per heavy atom. The largest absolute Gasteiger partial charge is 0.485 e. The Morgan fingerprint density at radius 3 is 2.62 bits per heavy atom. The Balaban J connectivity index is 1.99. The van der Waals surface area contributed by atoms with Crippen molar-refractivity contribution < 1.29 is 13.5 Å². The minimum absolute atomic E-state index is 0.0660. The lowest BCUT2D eigenvalue weighted by molar-refractivity contribution is 0.149. The molecule has 1 N–H and O–H groups in total. The van der Waals surface area contributed by atoms with Crippen molar-refractivity contribution in [1.82, 2.24) is 5.32 Å². The van der Waals surface area contributed by atoms with Crippen molar-refractivity contribution in [2.75, 3.05) is 7.05 Å². The maximum absolute atomic E-state index is 14.0.